The van der Waals surface area contributed by atoms with Crippen LogP contribution in [0.2, 0.25) is 0 Å². The molecule has 0 saturated heterocycles. The van der Waals surface area contributed by atoms with Gasteiger partial charge in [-0.15, -0.1) is 24.0 Å². The molecular weight excluding hydrogens is 495 g/mol. The molecule has 30 heavy (non-hydrogen) atoms. The lowest BCUT2D eigenvalue weighted by atomic mass is 9.99. The Morgan fingerprint density at radius 2 is 1.77 bits per heavy atom. The van der Waals surface area contributed by atoms with Gasteiger partial charge in [0.15, 0.2) is 17.5 Å². The molecule has 172 valence electrons. The minimum atomic E-state index is 0. The van der Waals surface area contributed by atoms with Crippen molar-refractivity contribution in [1.29, 1.82) is 0 Å². The quantitative estimate of drug-likeness (QED) is 0.197. The Bertz CT molecular complexity index is 656. The van der Waals surface area contributed by atoms with Crippen LogP contribution >= 0.6 is 24.0 Å². The summed E-state index contributed by atoms with van der Waals surface area (Å²) < 4.78 is 16.5. The smallest absolute Gasteiger partial charge is 0.191 e. The Hall–Kier alpha value is -1.26. The van der Waals surface area contributed by atoms with Gasteiger partial charge in [-0.25, -0.2) is 0 Å². The van der Waals surface area contributed by atoms with E-state index >= 15 is 0 Å². The van der Waals surface area contributed by atoms with Gasteiger partial charge < -0.3 is 24.8 Å². The Morgan fingerprint density at radius 3 is 2.40 bits per heavy atom. The summed E-state index contributed by atoms with van der Waals surface area (Å²) in [5.74, 6) is 3.04. The predicted molar refractivity (Wildman–Crippen MR) is 134 cm³/mol. The van der Waals surface area contributed by atoms with Crippen LogP contribution in [0.3, 0.4) is 0 Å². The molecule has 1 aliphatic heterocycles. The molecule has 0 unspecified atom stereocenters. The van der Waals surface area contributed by atoms with Gasteiger partial charge in [-0.3, -0.25) is 9.89 Å². The molecule has 2 rings (SSSR count). The zero-order chi connectivity index (χ0) is 21.1. The summed E-state index contributed by atoms with van der Waals surface area (Å²) in [5.41, 5.74) is 2.67. The zero-order valence-corrected chi connectivity index (χ0v) is 21.5. The summed E-state index contributed by atoms with van der Waals surface area (Å²) in [6, 6.07) is 4.22. The SMILES string of the molecule is CN=C(NCCCOCC(C)C)NCCN1CCc2cc(OC)c(OC)cc2C1.I. The number of aliphatic imine (C=N–C) groups is 1. The number of hydrogen-bond acceptors (Lipinski definition) is 5. The van der Waals surface area contributed by atoms with Crippen molar-refractivity contribution in [2.24, 2.45) is 10.9 Å². The number of nitrogens with zero attached hydrogens (tertiary/aromatic N) is 2. The monoisotopic (exact) mass is 534 g/mol. The number of guanidine groups is 1. The third-order valence-corrected chi connectivity index (χ3v) is 4.95. The highest BCUT2D eigenvalue weighted by Crippen LogP contribution is 2.33. The molecule has 2 N–H and O–H groups in total. The molecule has 7 nitrogen and oxygen atoms in total. The molecule has 1 aliphatic rings. The molecule has 0 bridgehead atoms. The van der Waals surface area contributed by atoms with E-state index in [1.807, 2.05) is 0 Å². The first kappa shape index (κ1) is 26.8. The summed E-state index contributed by atoms with van der Waals surface area (Å²) in [7, 11) is 5.18. The second-order valence-electron chi connectivity index (χ2n) is 7.75. The number of fused-ring (bicyclic) bond motifs is 1. The van der Waals surface area contributed by atoms with Crippen molar-refractivity contribution in [3.05, 3.63) is 23.3 Å². The molecule has 0 amide bonds. The third kappa shape index (κ3) is 8.85. The van der Waals surface area contributed by atoms with Gasteiger partial charge in [0.1, 0.15) is 0 Å². The molecular formula is C22H39IN4O3. The van der Waals surface area contributed by atoms with Crippen molar-refractivity contribution in [3.63, 3.8) is 0 Å². The number of methoxy groups -OCH3 is 2. The molecule has 0 fully saturated rings. The lowest BCUT2D eigenvalue weighted by Crippen LogP contribution is -2.43. The summed E-state index contributed by atoms with van der Waals surface area (Å²) >= 11 is 0. The zero-order valence-electron chi connectivity index (χ0n) is 19.1. The number of ether oxygens (including phenoxy) is 3. The van der Waals surface area contributed by atoms with E-state index in [0.29, 0.717) is 5.92 Å². The van der Waals surface area contributed by atoms with Crippen LogP contribution in [0.1, 0.15) is 31.4 Å². The minimum Gasteiger partial charge on any atom is -0.493 e. The minimum absolute atomic E-state index is 0. The Morgan fingerprint density at radius 1 is 1.10 bits per heavy atom. The maximum Gasteiger partial charge on any atom is 0.191 e. The topological polar surface area (TPSA) is 67.4 Å². The van der Waals surface area contributed by atoms with Crippen LogP contribution in [0, 0.1) is 5.92 Å². The Labute approximate surface area is 199 Å². The lowest BCUT2D eigenvalue weighted by Gasteiger charge is -2.29. The van der Waals surface area contributed by atoms with E-state index in [2.05, 4.69) is 46.5 Å². The fraction of sp³-hybridized carbons (Fsp3) is 0.682. The van der Waals surface area contributed by atoms with E-state index in [1.165, 1.54) is 11.1 Å². The normalized spacial score (nSPS) is 14.1. The van der Waals surface area contributed by atoms with Gasteiger partial charge in [-0.1, -0.05) is 13.8 Å². The van der Waals surface area contributed by atoms with Gasteiger partial charge in [0.05, 0.1) is 14.2 Å². The standard InChI is InChI=1S/C22H38N4O3.HI/c1-17(2)16-29-12-6-8-24-22(23-3)25-9-11-26-10-7-18-13-20(27-4)21(28-5)14-19(18)15-26;/h13-14,17H,6-12,15-16H2,1-5H3,(H2,23,24,25);1H. The molecule has 0 spiro atoms. The third-order valence-electron chi connectivity index (χ3n) is 4.95. The number of nitrogens with one attached hydrogen (secondary N) is 2. The van der Waals surface area contributed by atoms with Crippen molar-refractivity contribution in [2.45, 2.75) is 33.2 Å². The molecule has 0 atom stereocenters. The molecule has 1 heterocycles. The van der Waals surface area contributed by atoms with E-state index in [1.54, 1.807) is 21.3 Å². The second-order valence-corrected chi connectivity index (χ2v) is 7.75. The molecule has 0 saturated carbocycles. The van der Waals surface area contributed by atoms with Crippen molar-refractivity contribution in [3.8, 4) is 11.5 Å². The highest BCUT2D eigenvalue weighted by atomic mass is 127. The summed E-state index contributed by atoms with van der Waals surface area (Å²) in [4.78, 5) is 6.75. The van der Waals surface area contributed by atoms with E-state index in [-0.39, 0.29) is 24.0 Å². The number of rotatable bonds is 11. The molecule has 1 aromatic rings. The van der Waals surface area contributed by atoms with Gasteiger partial charge in [0, 0.05) is 53.0 Å². The van der Waals surface area contributed by atoms with Gasteiger partial charge in [-0.05, 0) is 42.0 Å². The van der Waals surface area contributed by atoms with Crippen molar-refractivity contribution in [1.82, 2.24) is 15.5 Å². The van der Waals surface area contributed by atoms with Crippen LogP contribution in [0.5, 0.6) is 11.5 Å². The van der Waals surface area contributed by atoms with E-state index < -0.39 is 0 Å². The Balaban J connectivity index is 0.00000450. The van der Waals surface area contributed by atoms with Gasteiger partial charge >= 0.3 is 0 Å². The predicted octanol–water partition coefficient (Wildman–Crippen LogP) is 2.91. The van der Waals surface area contributed by atoms with Crippen molar-refractivity contribution >= 4 is 29.9 Å². The maximum atomic E-state index is 5.61. The highest BCUT2D eigenvalue weighted by Gasteiger charge is 2.19. The van der Waals surface area contributed by atoms with Crippen molar-refractivity contribution < 1.29 is 14.2 Å². The van der Waals surface area contributed by atoms with Crippen LogP contribution < -0.4 is 20.1 Å². The largest absolute Gasteiger partial charge is 0.493 e. The van der Waals surface area contributed by atoms with E-state index in [4.69, 9.17) is 14.2 Å². The summed E-state index contributed by atoms with van der Waals surface area (Å²) in [6.45, 7) is 10.6. The molecule has 0 aliphatic carbocycles. The first-order valence-electron chi connectivity index (χ1n) is 10.6. The van der Waals surface area contributed by atoms with Crippen LogP contribution in [-0.2, 0) is 17.7 Å². The first-order chi connectivity index (χ1) is 14.1. The fourth-order valence-corrected chi connectivity index (χ4v) is 3.39. The molecule has 0 radical (unpaired) electrons. The molecule has 0 aromatic heterocycles. The molecule has 8 heteroatoms. The highest BCUT2D eigenvalue weighted by molar-refractivity contribution is 14.0. The van der Waals surface area contributed by atoms with E-state index in [9.17, 15) is 0 Å². The number of benzene rings is 1. The van der Waals surface area contributed by atoms with Gasteiger partial charge in [0.2, 0.25) is 0 Å². The average Bonchev–Trinajstić information content (AvgIpc) is 2.73. The fourth-order valence-electron chi connectivity index (χ4n) is 3.39. The van der Waals surface area contributed by atoms with Crippen LogP contribution in [0.25, 0.3) is 0 Å². The van der Waals surface area contributed by atoms with Gasteiger partial charge in [-0.2, -0.15) is 0 Å². The summed E-state index contributed by atoms with van der Waals surface area (Å²) in [5, 5.41) is 6.75. The van der Waals surface area contributed by atoms with Crippen molar-refractivity contribution in [2.75, 3.05) is 60.7 Å². The average molecular weight is 534 g/mol. The lowest BCUT2D eigenvalue weighted by molar-refractivity contribution is 0.108. The maximum absolute atomic E-state index is 5.61. The first-order valence-corrected chi connectivity index (χ1v) is 10.6. The van der Waals surface area contributed by atoms with Crippen LogP contribution in [-0.4, -0.2) is 71.5 Å². The molecule has 1 aromatic carbocycles. The summed E-state index contributed by atoms with van der Waals surface area (Å²) in [6.07, 6.45) is 2.00. The van der Waals surface area contributed by atoms with E-state index in [0.717, 1.165) is 76.2 Å². The number of halogens is 1. The Kier molecular flexibility index (Phi) is 13.1. The van der Waals surface area contributed by atoms with Crippen LogP contribution in [0.15, 0.2) is 17.1 Å². The second kappa shape index (κ2) is 14.7. The van der Waals surface area contributed by atoms with Gasteiger partial charge in [0.25, 0.3) is 0 Å². The van der Waals surface area contributed by atoms with Crippen LogP contribution in [0.4, 0.5) is 0 Å². The number of hydrogen-bond donors (Lipinski definition) is 2.